The second-order valence-corrected chi connectivity index (χ2v) is 12.1. The number of carboxylic acids is 1. The summed E-state index contributed by atoms with van der Waals surface area (Å²) in [5.74, 6) is -0.909. The zero-order valence-electron chi connectivity index (χ0n) is 25.0. The van der Waals surface area contributed by atoms with Crippen LogP contribution in [0.4, 0.5) is 4.79 Å². The van der Waals surface area contributed by atoms with Gasteiger partial charge in [0.2, 0.25) is 0 Å². The summed E-state index contributed by atoms with van der Waals surface area (Å²) in [6, 6.07) is 29.9. The van der Waals surface area contributed by atoms with Gasteiger partial charge in [-0.25, -0.2) is 9.78 Å². The fourth-order valence-corrected chi connectivity index (χ4v) is 6.09. The van der Waals surface area contributed by atoms with E-state index in [9.17, 15) is 14.7 Å². The minimum atomic E-state index is -0.909. The van der Waals surface area contributed by atoms with E-state index in [1.54, 1.807) is 0 Å². The van der Waals surface area contributed by atoms with Gasteiger partial charge >= 0.3 is 12.1 Å². The number of rotatable bonds is 9. The van der Waals surface area contributed by atoms with Crippen LogP contribution in [0.2, 0.25) is 0 Å². The number of amides is 1. The molecule has 43 heavy (non-hydrogen) atoms. The second-order valence-electron chi connectivity index (χ2n) is 12.1. The summed E-state index contributed by atoms with van der Waals surface area (Å²) in [5.41, 5.74) is 2.56. The van der Waals surface area contributed by atoms with Gasteiger partial charge in [0.25, 0.3) is 0 Å². The molecule has 0 aliphatic carbocycles. The van der Waals surface area contributed by atoms with Crippen LogP contribution in [0.1, 0.15) is 56.0 Å². The van der Waals surface area contributed by atoms with Gasteiger partial charge in [0, 0.05) is 25.2 Å². The quantitative estimate of drug-likeness (QED) is 0.246. The van der Waals surface area contributed by atoms with Crippen molar-refractivity contribution in [2.75, 3.05) is 13.1 Å². The van der Waals surface area contributed by atoms with Gasteiger partial charge in [-0.2, -0.15) is 0 Å². The molecule has 1 fully saturated rings. The Labute approximate surface area is 253 Å². The highest BCUT2D eigenvalue weighted by Crippen LogP contribution is 2.40. The molecular weight excluding hydrogens is 540 g/mol. The molecule has 5 rings (SSSR count). The van der Waals surface area contributed by atoms with Crippen LogP contribution in [0, 0.1) is 0 Å². The minimum Gasteiger partial charge on any atom is -0.480 e. The Bertz CT molecular complexity index is 1400. The molecule has 0 bridgehead atoms. The molecule has 0 radical (unpaired) electrons. The van der Waals surface area contributed by atoms with Crippen LogP contribution in [-0.2, 0) is 21.5 Å². The van der Waals surface area contributed by atoms with Crippen LogP contribution >= 0.6 is 0 Å². The van der Waals surface area contributed by atoms with Crippen molar-refractivity contribution in [3.05, 3.63) is 126 Å². The lowest BCUT2D eigenvalue weighted by atomic mass is 9.77. The zero-order chi connectivity index (χ0) is 30.5. The van der Waals surface area contributed by atoms with Crippen molar-refractivity contribution < 1.29 is 19.4 Å². The van der Waals surface area contributed by atoms with E-state index in [1.165, 1.54) is 0 Å². The summed E-state index contributed by atoms with van der Waals surface area (Å²) >= 11 is 0. The molecule has 1 amide bonds. The Morgan fingerprint density at radius 2 is 1.47 bits per heavy atom. The molecule has 2 atom stereocenters. The van der Waals surface area contributed by atoms with Gasteiger partial charge in [-0.3, -0.25) is 9.69 Å². The number of hydrogen-bond acceptors (Lipinski definition) is 5. The summed E-state index contributed by atoms with van der Waals surface area (Å²) in [4.78, 5) is 31.7. The number of alkyl carbamates (subject to hydrolysis) is 1. The third-order valence-electron chi connectivity index (χ3n) is 7.90. The molecule has 1 aliphatic rings. The highest BCUT2D eigenvalue weighted by atomic mass is 16.6. The van der Waals surface area contributed by atoms with Crippen molar-refractivity contribution in [1.29, 1.82) is 0 Å². The first kappa shape index (κ1) is 30.0. The van der Waals surface area contributed by atoms with Crippen molar-refractivity contribution in [3.63, 3.8) is 0 Å². The molecule has 0 saturated carbocycles. The van der Waals surface area contributed by atoms with Gasteiger partial charge in [-0.15, -0.1) is 0 Å². The average molecular weight is 581 g/mol. The van der Waals surface area contributed by atoms with Gasteiger partial charge in [-0.1, -0.05) is 91.0 Å². The number of imidazole rings is 1. The lowest BCUT2D eigenvalue weighted by Gasteiger charge is -2.37. The van der Waals surface area contributed by atoms with Crippen LogP contribution in [-0.4, -0.2) is 62.4 Å². The number of piperidine rings is 1. The number of aromatic nitrogens is 2. The van der Waals surface area contributed by atoms with E-state index in [0.717, 1.165) is 29.5 Å². The Morgan fingerprint density at radius 1 is 0.930 bits per heavy atom. The maximum atomic E-state index is 12.6. The maximum absolute atomic E-state index is 12.6. The third kappa shape index (κ3) is 6.81. The third-order valence-corrected chi connectivity index (χ3v) is 7.90. The van der Waals surface area contributed by atoms with Crippen molar-refractivity contribution in [1.82, 2.24) is 19.8 Å². The largest absolute Gasteiger partial charge is 0.480 e. The molecular formula is C35H40N4O4. The molecule has 224 valence electrons. The first-order valence-electron chi connectivity index (χ1n) is 14.8. The van der Waals surface area contributed by atoms with Gasteiger partial charge in [0.15, 0.2) is 0 Å². The smallest absolute Gasteiger partial charge is 0.407 e. The fourth-order valence-electron chi connectivity index (χ4n) is 6.09. The minimum absolute atomic E-state index is 0.190. The average Bonchev–Trinajstić information content (AvgIpc) is 3.46. The molecule has 8 heteroatoms. The number of carbonyl (C=O) groups is 2. The number of ether oxygens (including phenoxy) is 1. The number of carbonyl (C=O) groups excluding carboxylic acids is 1. The van der Waals surface area contributed by atoms with Gasteiger partial charge in [0.05, 0.1) is 12.0 Å². The molecule has 1 aliphatic heterocycles. The fraction of sp³-hybridized carbons (Fsp3) is 0.343. The van der Waals surface area contributed by atoms with Gasteiger partial charge < -0.3 is 19.7 Å². The van der Waals surface area contributed by atoms with Crippen LogP contribution in [0.5, 0.6) is 0 Å². The molecule has 4 aromatic rings. The number of hydrogen-bond donors (Lipinski definition) is 2. The van der Waals surface area contributed by atoms with Crippen molar-refractivity contribution in [2.45, 2.75) is 63.3 Å². The topological polar surface area (TPSA) is 96.7 Å². The van der Waals surface area contributed by atoms with E-state index in [-0.39, 0.29) is 12.5 Å². The predicted octanol–water partition coefficient (Wildman–Crippen LogP) is 5.71. The van der Waals surface area contributed by atoms with E-state index in [1.807, 2.05) is 92.8 Å². The van der Waals surface area contributed by atoms with E-state index in [4.69, 9.17) is 9.72 Å². The first-order valence-corrected chi connectivity index (χ1v) is 14.8. The van der Waals surface area contributed by atoms with Crippen LogP contribution in [0.15, 0.2) is 104 Å². The summed E-state index contributed by atoms with van der Waals surface area (Å²) in [6.07, 6.45) is 5.08. The van der Waals surface area contributed by atoms with E-state index in [2.05, 4.69) is 46.3 Å². The van der Waals surface area contributed by atoms with E-state index >= 15 is 0 Å². The number of likely N-dealkylation sites (tertiary alicyclic amines) is 1. The lowest BCUT2D eigenvalue weighted by molar-refractivity contribution is -0.143. The summed E-state index contributed by atoms with van der Waals surface area (Å²) in [5, 5.41) is 13.2. The number of nitrogens with one attached hydrogen (secondary N) is 1. The van der Waals surface area contributed by atoms with Crippen molar-refractivity contribution in [2.24, 2.45) is 0 Å². The summed E-state index contributed by atoms with van der Waals surface area (Å²) in [6.45, 7) is 6.52. The Hall–Kier alpha value is -4.43. The summed E-state index contributed by atoms with van der Waals surface area (Å²) < 4.78 is 7.53. The Balaban J connectivity index is 1.46. The van der Waals surface area contributed by atoms with Gasteiger partial charge in [-0.05, 0) is 56.8 Å². The molecule has 2 heterocycles. The van der Waals surface area contributed by atoms with Crippen LogP contribution < -0.4 is 5.32 Å². The monoisotopic (exact) mass is 580 g/mol. The normalized spacial score (nSPS) is 16.8. The van der Waals surface area contributed by atoms with Gasteiger partial charge in [0.1, 0.15) is 17.2 Å². The maximum Gasteiger partial charge on any atom is 0.407 e. The standard InChI is InChI=1S/C35H40N4O4/c1-34(2,3)43-33(42)37-29-20-13-21-38(23-29)31(32(40)41)22-30-24-39(25-36-30)35(26-14-7-4-8-15-26,27-16-9-5-10-17-27)28-18-11-6-12-19-28/h4-12,14-19,24-25,29,31H,13,20-23H2,1-3H3,(H,37,42)(H,40,41)/t29-,31-/m0/s1. The molecule has 0 unspecified atom stereocenters. The SMILES string of the molecule is CC(C)(C)OC(=O)N[C@H]1CCCN([C@@H](Cc2cn(C(c3ccccc3)(c3ccccc3)c3ccccc3)cn2)C(=O)O)C1. The lowest BCUT2D eigenvalue weighted by Crippen LogP contribution is -2.54. The molecule has 1 saturated heterocycles. The molecule has 1 aromatic heterocycles. The second kappa shape index (κ2) is 12.8. The highest BCUT2D eigenvalue weighted by Gasteiger charge is 2.39. The van der Waals surface area contributed by atoms with E-state index in [0.29, 0.717) is 18.8 Å². The van der Waals surface area contributed by atoms with E-state index < -0.39 is 29.2 Å². The first-order chi connectivity index (χ1) is 20.7. The zero-order valence-corrected chi connectivity index (χ0v) is 25.0. The number of aliphatic carboxylic acids is 1. The highest BCUT2D eigenvalue weighted by molar-refractivity contribution is 5.74. The Morgan fingerprint density at radius 3 is 1.95 bits per heavy atom. The van der Waals surface area contributed by atoms with Crippen molar-refractivity contribution >= 4 is 12.1 Å². The summed E-state index contributed by atoms with van der Waals surface area (Å²) in [7, 11) is 0. The molecule has 8 nitrogen and oxygen atoms in total. The van der Waals surface area contributed by atoms with Crippen molar-refractivity contribution in [3.8, 4) is 0 Å². The Kier molecular flexibility index (Phi) is 8.97. The molecule has 0 spiro atoms. The number of benzene rings is 3. The number of nitrogens with zero attached hydrogens (tertiary/aromatic N) is 3. The molecule has 3 aromatic carbocycles. The predicted molar refractivity (Wildman–Crippen MR) is 166 cm³/mol. The molecule has 2 N–H and O–H groups in total. The van der Waals surface area contributed by atoms with Crippen LogP contribution in [0.3, 0.4) is 0 Å². The number of carboxylic acid groups (broad SMARTS) is 1. The van der Waals surface area contributed by atoms with Crippen LogP contribution in [0.25, 0.3) is 0 Å².